The Labute approximate surface area is 322 Å². The molecule has 0 aliphatic carbocycles. The normalized spacial score (nSPS) is 19.2. The van der Waals surface area contributed by atoms with Gasteiger partial charge in [-0.3, -0.25) is 0 Å². The predicted molar refractivity (Wildman–Crippen MR) is 202 cm³/mol. The molecular formula is C44H42F9O2Sb. The number of alkyl halides is 9. The van der Waals surface area contributed by atoms with E-state index in [1.54, 1.807) is 0 Å². The molecular weight excluding hydrogens is 853 g/mol. The van der Waals surface area contributed by atoms with Gasteiger partial charge in [0.2, 0.25) is 0 Å². The average Bonchev–Trinajstić information content (AvgIpc) is 3.42. The van der Waals surface area contributed by atoms with Crippen molar-refractivity contribution in [3.05, 3.63) is 161 Å². The van der Waals surface area contributed by atoms with Crippen LogP contribution in [0.15, 0.2) is 133 Å². The maximum atomic E-state index is 16.5. The number of halogens is 9. The molecule has 0 spiro atoms. The molecule has 1 aliphatic rings. The summed E-state index contributed by atoms with van der Waals surface area (Å²) in [5.41, 5.74) is -11.8. The summed E-state index contributed by atoms with van der Waals surface area (Å²) >= 11 is -8.07. The Hall–Kier alpha value is -3.79. The van der Waals surface area contributed by atoms with E-state index in [-0.39, 0.29) is 12.6 Å². The van der Waals surface area contributed by atoms with E-state index in [9.17, 15) is 5.11 Å². The third-order valence-electron chi connectivity index (χ3n) is 11.0. The fourth-order valence-corrected chi connectivity index (χ4v) is 29.3. The van der Waals surface area contributed by atoms with Gasteiger partial charge in [0.05, 0.1) is 0 Å². The fraction of sp³-hybridized carbons (Fsp3) is 0.318. The molecule has 2 atom stereocenters. The van der Waals surface area contributed by atoms with Crippen LogP contribution < -0.4 is 10.5 Å². The summed E-state index contributed by atoms with van der Waals surface area (Å²) < 4.78 is 148. The minimum atomic E-state index is -8.07. The summed E-state index contributed by atoms with van der Waals surface area (Å²) in [5, 5.41) is 13.0. The number of rotatable bonds is 6. The van der Waals surface area contributed by atoms with Gasteiger partial charge < -0.3 is 0 Å². The molecule has 0 radical (unpaired) electrons. The summed E-state index contributed by atoms with van der Waals surface area (Å²) in [6, 6.07) is 27.4. The molecule has 1 heterocycles. The van der Waals surface area contributed by atoms with Gasteiger partial charge >= 0.3 is 323 Å². The molecule has 56 heavy (non-hydrogen) atoms. The predicted octanol–water partition coefficient (Wildman–Crippen LogP) is 10.3. The Morgan fingerprint density at radius 2 is 0.893 bits per heavy atom. The van der Waals surface area contributed by atoms with Gasteiger partial charge in [-0.2, -0.15) is 0 Å². The van der Waals surface area contributed by atoms with Crippen LogP contribution in [0.4, 0.5) is 39.5 Å². The second kappa shape index (κ2) is 13.4. The van der Waals surface area contributed by atoms with Gasteiger partial charge in [-0.05, 0) is 0 Å². The van der Waals surface area contributed by atoms with Gasteiger partial charge in [-0.1, -0.05) is 0 Å². The number of hydrogen-bond donors (Lipinski definition) is 1. The first-order valence-electron chi connectivity index (χ1n) is 17.9. The fourth-order valence-electron chi connectivity index (χ4n) is 8.33. The van der Waals surface area contributed by atoms with Crippen LogP contribution in [0.5, 0.6) is 0 Å². The zero-order valence-electron chi connectivity index (χ0n) is 31.5. The van der Waals surface area contributed by atoms with Crippen LogP contribution in [0, 0.1) is 0 Å². The molecule has 0 unspecified atom stereocenters. The molecule has 0 amide bonds. The molecule has 1 N–H and O–H groups in total. The monoisotopic (exact) mass is 894 g/mol. The molecule has 5 aromatic rings. The van der Waals surface area contributed by atoms with Crippen molar-refractivity contribution in [3.63, 3.8) is 0 Å². The molecule has 1 aliphatic heterocycles. The Morgan fingerprint density at radius 1 is 0.500 bits per heavy atom. The molecule has 298 valence electrons. The first-order chi connectivity index (χ1) is 25.8. The molecule has 0 fully saturated rings. The van der Waals surface area contributed by atoms with Crippen molar-refractivity contribution in [2.75, 3.05) is 0 Å². The second-order valence-electron chi connectivity index (χ2n) is 16.4. The van der Waals surface area contributed by atoms with E-state index >= 15 is 39.5 Å². The van der Waals surface area contributed by atoms with Crippen LogP contribution in [-0.2, 0) is 25.0 Å². The first kappa shape index (κ1) is 41.8. The standard InChI is InChI=1S/C15H12F3O.2C10H13.C9H4F6O.Sb/c16-15(17,18)14(19,13-9-5-2-6-10-13)11-12-7-3-1-4-8-12;2*1-10(2,3)9-7-5-4-6-8-9;10-8(11,12)7(16,9(13,14)15)6-4-2-1-3-5-6;/h1-11,19H;2*5-8H,1-3H3;1-4H;/q;;;-1;+1/t14-;;;;/m0..../s1. The molecule has 0 saturated heterocycles. The van der Waals surface area contributed by atoms with Crippen molar-refractivity contribution in [3.8, 4) is 0 Å². The van der Waals surface area contributed by atoms with E-state index in [1.807, 2.05) is 41.5 Å². The van der Waals surface area contributed by atoms with Crippen LogP contribution in [0.25, 0.3) is 0 Å². The zero-order valence-corrected chi connectivity index (χ0v) is 34.0. The van der Waals surface area contributed by atoms with Crippen molar-refractivity contribution in [2.24, 2.45) is 0 Å². The van der Waals surface area contributed by atoms with E-state index < -0.39 is 76.9 Å². The summed E-state index contributed by atoms with van der Waals surface area (Å²) in [4.78, 5) is 0. The summed E-state index contributed by atoms with van der Waals surface area (Å²) in [5.74, 6) is 0. The maximum absolute atomic E-state index is 16.5. The van der Waals surface area contributed by atoms with Gasteiger partial charge in [0.15, 0.2) is 0 Å². The third kappa shape index (κ3) is 5.93. The minimum absolute atomic E-state index is 0.301. The average molecular weight is 896 g/mol. The Kier molecular flexibility index (Phi) is 10.00. The van der Waals surface area contributed by atoms with E-state index in [2.05, 4.69) is 0 Å². The van der Waals surface area contributed by atoms with Crippen LogP contribution in [0.1, 0.15) is 73.2 Å². The number of fused-ring (bicyclic) bond motifs is 1. The molecule has 12 heteroatoms. The summed E-state index contributed by atoms with van der Waals surface area (Å²) in [7, 11) is 0. The zero-order chi connectivity index (χ0) is 41.4. The first-order valence-corrected chi connectivity index (χ1v) is 24.2. The van der Waals surface area contributed by atoms with E-state index in [1.165, 1.54) is 103 Å². The van der Waals surface area contributed by atoms with Gasteiger partial charge in [0.1, 0.15) is 0 Å². The topological polar surface area (TPSA) is 29.5 Å². The van der Waals surface area contributed by atoms with Crippen LogP contribution >= 0.6 is 0 Å². The van der Waals surface area contributed by atoms with Gasteiger partial charge in [0.25, 0.3) is 0 Å². The molecule has 5 aromatic carbocycles. The third-order valence-corrected chi connectivity index (χ3v) is 29.0. The van der Waals surface area contributed by atoms with Gasteiger partial charge in [0, 0.05) is 0 Å². The van der Waals surface area contributed by atoms with Crippen molar-refractivity contribution in [1.29, 1.82) is 0 Å². The van der Waals surface area contributed by atoms with Crippen molar-refractivity contribution < 1.29 is 47.6 Å². The quantitative estimate of drug-likeness (QED) is 0.136. The molecule has 2 nitrogen and oxygen atoms in total. The second-order valence-corrected chi connectivity index (χ2v) is 29.0. The molecule has 0 bridgehead atoms. The van der Waals surface area contributed by atoms with Crippen molar-refractivity contribution >= 4 is 28.3 Å². The summed E-state index contributed by atoms with van der Waals surface area (Å²) in [6.07, 6.45) is -18.2. The van der Waals surface area contributed by atoms with Gasteiger partial charge in [-0.15, -0.1) is 0 Å². The number of hydrogen-bond acceptors (Lipinski definition) is 2. The Bertz CT molecular complexity index is 2110. The Morgan fingerprint density at radius 3 is 1.29 bits per heavy atom. The van der Waals surface area contributed by atoms with Crippen LogP contribution in [0.3, 0.4) is 0 Å². The molecule has 0 saturated carbocycles. The number of aliphatic hydroxyl groups is 1. The SMILES string of the molecule is CC(C)(C)c1cc[c]([Sb]2([c]3ccc(C(C)(C)C)cc3)([C@H](c3ccccc3)[C@](O)(c3ccccc3)C(F)(F)F)[O]C(C(F)(F)F)(C(F)(F)F)c3cccc[c]32)cc1. The van der Waals surface area contributed by atoms with Crippen LogP contribution in [-0.4, -0.2) is 41.5 Å². The van der Waals surface area contributed by atoms with Crippen molar-refractivity contribution in [1.82, 2.24) is 0 Å². The van der Waals surface area contributed by atoms with E-state index in [0.717, 1.165) is 24.3 Å². The van der Waals surface area contributed by atoms with E-state index in [4.69, 9.17) is 3.02 Å². The molecule has 0 aromatic heterocycles. The number of benzene rings is 5. The Balaban J connectivity index is 2.03. The van der Waals surface area contributed by atoms with Gasteiger partial charge in [-0.25, -0.2) is 0 Å². The summed E-state index contributed by atoms with van der Waals surface area (Å²) in [6.45, 7) is 11.0. The van der Waals surface area contributed by atoms with Crippen molar-refractivity contribution in [2.45, 2.75) is 86.0 Å². The van der Waals surface area contributed by atoms with Crippen LogP contribution in [0.2, 0.25) is 0 Å². The molecule has 6 rings (SSSR count). The van der Waals surface area contributed by atoms with E-state index in [0.29, 0.717) is 17.2 Å².